The second-order valence-corrected chi connectivity index (χ2v) is 1.51. The molecule has 0 aliphatic heterocycles. The van der Waals surface area contributed by atoms with Crippen LogP contribution in [0.25, 0.3) is 0 Å². The smallest absolute Gasteiger partial charge is 0.0608 e. The number of hydrogen-bond acceptors (Lipinski definition) is 2. The normalized spacial score (nSPS) is 8.57. The van der Waals surface area contributed by atoms with Crippen LogP contribution in [0.3, 0.4) is 0 Å². The highest BCUT2D eigenvalue weighted by molar-refractivity contribution is 5.85. The van der Waals surface area contributed by atoms with Crippen LogP contribution in [0.5, 0.6) is 0 Å². The van der Waals surface area contributed by atoms with Gasteiger partial charge in [-0.2, -0.15) is 0 Å². The molecule has 4 heteroatoms. The minimum atomic E-state index is -0.750. The van der Waals surface area contributed by atoms with Crippen LogP contribution in [0.4, 0.5) is 0 Å². The summed E-state index contributed by atoms with van der Waals surface area (Å²) < 4.78 is 0. The lowest BCUT2D eigenvalue weighted by atomic mass is 10.3. The van der Waals surface area contributed by atoms with Crippen LogP contribution < -0.4 is 11.5 Å². The highest BCUT2D eigenvalue weighted by atomic mass is 35.5. The van der Waals surface area contributed by atoms with Gasteiger partial charge < -0.3 is 11.5 Å². The van der Waals surface area contributed by atoms with Gasteiger partial charge in [0, 0.05) is 0 Å². The van der Waals surface area contributed by atoms with Crippen molar-refractivity contribution in [3.05, 3.63) is 6.92 Å². The van der Waals surface area contributed by atoms with Crippen molar-refractivity contribution in [3.63, 3.8) is 0 Å². The number of hydrogen-bond donors (Lipinski definition) is 2. The van der Waals surface area contributed by atoms with Crippen molar-refractivity contribution in [1.29, 1.82) is 0 Å². The number of halogens is 2. The van der Waals surface area contributed by atoms with E-state index in [9.17, 15) is 0 Å². The molecule has 0 amide bonds. The van der Waals surface area contributed by atoms with E-state index in [-0.39, 0.29) is 24.8 Å². The van der Waals surface area contributed by atoms with Gasteiger partial charge >= 0.3 is 0 Å². The summed E-state index contributed by atoms with van der Waals surface area (Å²) in [6, 6.07) is 0. The van der Waals surface area contributed by atoms with Gasteiger partial charge in [-0.25, -0.2) is 0 Å². The van der Waals surface area contributed by atoms with Crippen molar-refractivity contribution in [2.45, 2.75) is 12.6 Å². The van der Waals surface area contributed by atoms with Crippen LogP contribution in [-0.4, -0.2) is 5.66 Å². The lowest BCUT2D eigenvalue weighted by Gasteiger charge is -2.06. The summed E-state index contributed by atoms with van der Waals surface area (Å²) in [5.41, 5.74) is 9.29. The van der Waals surface area contributed by atoms with Gasteiger partial charge in [-0.3, -0.25) is 0 Å². The molecule has 0 aliphatic carbocycles. The van der Waals surface area contributed by atoms with Crippen LogP contribution in [0.2, 0.25) is 0 Å². The number of nitrogens with two attached hydrogens (primary N) is 2. The first kappa shape index (κ1) is 15.6. The Bertz CT molecular complexity index is 26.4. The molecule has 2 nitrogen and oxygen atoms in total. The van der Waals surface area contributed by atoms with E-state index in [0.717, 1.165) is 0 Å². The fourth-order valence-electron chi connectivity index (χ4n) is 0. The van der Waals surface area contributed by atoms with Crippen molar-refractivity contribution in [1.82, 2.24) is 0 Å². The van der Waals surface area contributed by atoms with E-state index < -0.39 is 5.66 Å². The van der Waals surface area contributed by atoms with E-state index in [1.165, 1.54) is 0 Å². The van der Waals surface area contributed by atoms with Gasteiger partial charge in [0.05, 0.1) is 5.66 Å². The third kappa shape index (κ3) is 527. The molecule has 0 bridgehead atoms. The Morgan fingerprint density at radius 2 is 1.29 bits per heavy atom. The fraction of sp³-hybridized carbons (Fsp3) is 0.667. The van der Waals surface area contributed by atoms with E-state index in [2.05, 4.69) is 6.92 Å². The molecule has 0 aromatic carbocycles. The lowest BCUT2D eigenvalue weighted by Crippen LogP contribution is -2.42. The van der Waals surface area contributed by atoms with E-state index in [1.54, 1.807) is 6.92 Å². The standard InChI is InChI=1S/C3H9N2.2ClH/c1-3(2,4)5;;/h1,4-5H2,2H3;2*1H. The molecule has 0 unspecified atom stereocenters. The highest BCUT2D eigenvalue weighted by Gasteiger charge is 1.95. The quantitative estimate of drug-likeness (QED) is 0.483. The molecular weight excluding hydrogens is 135 g/mol. The Morgan fingerprint density at radius 3 is 1.29 bits per heavy atom. The van der Waals surface area contributed by atoms with Crippen LogP contribution >= 0.6 is 24.8 Å². The Hall–Kier alpha value is 0.500. The third-order valence-electron chi connectivity index (χ3n) is 0. The Labute approximate surface area is 56.5 Å². The molecule has 0 spiro atoms. The van der Waals surface area contributed by atoms with Gasteiger partial charge in [0.25, 0.3) is 0 Å². The zero-order valence-corrected chi connectivity index (χ0v) is 5.81. The average molecular weight is 146 g/mol. The first-order valence-corrected chi connectivity index (χ1v) is 1.43. The summed E-state index contributed by atoms with van der Waals surface area (Å²) in [5.74, 6) is 0. The lowest BCUT2D eigenvalue weighted by molar-refractivity contribution is 0.613. The molecule has 0 aliphatic rings. The van der Waals surface area contributed by atoms with Crippen LogP contribution in [0.15, 0.2) is 0 Å². The molecule has 0 aromatic rings. The maximum absolute atomic E-state index is 5.02. The fourth-order valence-corrected chi connectivity index (χ4v) is 0. The van der Waals surface area contributed by atoms with Crippen molar-refractivity contribution in [3.8, 4) is 0 Å². The average Bonchev–Trinajstić information content (AvgIpc) is 0.722. The summed E-state index contributed by atoms with van der Waals surface area (Å²) in [6.45, 7) is 4.96. The summed E-state index contributed by atoms with van der Waals surface area (Å²) in [7, 11) is 0. The molecule has 0 fully saturated rings. The molecular formula is C3H11Cl2N2. The second-order valence-electron chi connectivity index (χ2n) is 1.51. The van der Waals surface area contributed by atoms with Gasteiger partial charge in [-0.15, -0.1) is 24.8 Å². The monoisotopic (exact) mass is 145 g/mol. The zero-order valence-electron chi connectivity index (χ0n) is 4.18. The van der Waals surface area contributed by atoms with Crippen LogP contribution in [-0.2, 0) is 0 Å². The third-order valence-corrected chi connectivity index (χ3v) is 0. The SMILES string of the molecule is Cl.Cl.[CH2]C(C)(N)N. The molecule has 0 rings (SSSR count). The minimum Gasteiger partial charge on any atom is -0.314 e. The molecule has 4 N–H and O–H groups in total. The van der Waals surface area contributed by atoms with Gasteiger partial charge in [0.2, 0.25) is 0 Å². The molecule has 0 atom stereocenters. The van der Waals surface area contributed by atoms with Gasteiger partial charge in [0.15, 0.2) is 0 Å². The second kappa shape index (κ2) is 4.65. The zero-order chi connectivity index (χ0) is 4.50. The summed E-state index contributed by atoms with van der Waals surface area (Å²) >= 11 is 0. The van der Waals surface area contributed by atoms with Crippen molar-refractivity contribution < 1.29 is 0 Å². The maximum atomic E-state index is 5.02. The minimum absolute atomic E-state index is 0. The Kier molecular flexibility index (Phi) is 10.4. The van der Waals surface area contributed by atoms with Gasteiger partial charge in [0.1, 0.15) is 0 Å². The number of rotatable bonds is 0. The topological polar surface area (TPSA) is 52.0 Å². The van der Waals surface area contributed by atoms with E-state index in [4.69, 9.17) is 11.5 Å². The molecule has 0 saturated carbocycles. The van der Waals surface area contributed by atoms with Gasteiger partial charge in [-0.1, -0.05) is 0 Å². The van der Waals surface area contributed by atoms with Crippen LogP contribution in [0.1, 0.15) is 6.92 Å². The summed E-state index contributed by atoms with van der Waals surface area (Å²) in [6.07, 6.45) is 0. The first-order valence-electron chi connectivity index (χ1n) is 1.43. The Balaban J connectivity index is -0.0000000800. The summed E-state index contributed by atoms with van der Waals surface area (Å²) in [5, 5.41) is 0. The molecule has 7 heavy (non-hydrogen) atoms. The molecule has 0 heterocycles. The predicted octanol–water partition coefficient (Wildman–Crippen LogP) is 0.298. The predicted molar refractivity (Wildman–Crippen MR) is 36.6 cm³/mol. The molecule has 47 valence electrons. The molecule has 0 saturated heterocycles. The molecule has 1 radical (unpaired) electrons. The van der Waals surface area contributed by atoms with Crippen molar-refractivity contribution in [2.75, 3.05) is 0 Å². The summed E-state index contributed by atoms with van der Waals surface area (Å²) in [4.78, 5) is 0. The van der Waals surface area contributed by atoms with E-state index >= 15 is 0 Å². The highest BCUT2D eigenvalue weighted by Crippen LogP contribution is 1.75. The van der Waals surface area contributed by atoms with E-state index in [0.29, 0.717) is 0 Å². The molecule has 0 aromatic heterocycles. The Morgan fingerprint density at radius 1 is 1.29 bits per heavy atom. The van der Waals surface area contributed by atoms with Crippen molar-refractivity contribution >= 4 is 24.8 Å². The maximum Gasteiger partial charge on any atom is 0.0608 e. The van der Waals surface area contributed by atoms with E-state index in [1.807, 2.05) is 0 Å². The van der Waals surface area contributed by atoms with Gasteiger partial charge in [-0.05, 0) is 13.8 Å². The first-order chi connectivity index (χ1) is 2.00. The van der Waals surface area contributed by atoms with Crippen molar-refractivity contribution in [2.24, 2.45) is 11.5 Å². The largest absolute Gasteiger partial charge is 0.314 e. The van der Waals surface area contributed by atoms with Crippen LogP contribution in [0, 0.1) is 6.92 Å².